The van der Waals surface area contributed by atoms with Gasteiger partial charge in [0.15, 0.2) is 9.84 Å². The van der Waals surface area contributed by atoms with Crippen LogP contribution in [-0.4, -0.2) is 44.6 Å². The van der Waals surface area contributed by atoms with E-state index in [1.165, 1.54) is 6.92 Å². The molecule has 1 saturated heterocycles. The Bertz CT molecular complexity index is 664. The van der Waals surface area contributed by atoms with E-state index in [0.717, 1.165) is 30.5 Å². The Kier molecular flexibility index (Phi) is 4.23. The molecule has 1 fully saturated rings. The van der Waals surface area contributed by atoms with Crippen LogP contribution in [0.3, 0.4) is 0 Å². The summed E-state index contributed by atoms with van der Waals surface area (Å²) in [5.41, 5.74) is 1.94. The number of benzene rings is 1. The fourth-order valence-corrected chi connectivity index (χ4v) is 4.62. The van der Waals surface area contributed by atoms with Crippen LogP contribution in [0.15, 0.2) is 24.3 Å². The molecule has 0 saturated carbocycles. The number of carbonyl (C=O) groups excluding carboxylic acids is 1. The lowest BCUT2D eigenvalue weighted by Gasteiger charge is -2.22. The normalized spacial score (nSPS) is 22.6. The highest BCUT2D eigenvalue weighted by atomic mass is 32.2. The first-order valence-electron chi connectivity index (χ1n) is 7.71. The van der Waals surface area contributed by atoms with E-state index in [-0.39, 0.29) is 17.8 Å². The fourth-order valence-electron chi connectivity index (χ4n) is 3.12. The maximum absolute atomic E-state index is 12.6. The van der Waals surface area contributed by atoms with Crippen LogP contribution < -0.4 is 4.90 Å². The molecule has 0 bridgehead atoms. The monoisotopic (exact) mass is 323 g/mol. The molecule has 0 unspecified atom stereocenters. The van der Waals surface area contributed by atoms with Gasteiger partial charge in [0.2, 0.25) is 5.91 Å². The maximum atomic E-state index is 12.6. The summed E-state index contributed by atoms with van der Waals surface area (Å²) in [4.78, 5) is 14.2. The molecule has 2 aliphatic heterocycles. The average molecular weight is 323 g/mol. The SMILES string of the molecule is C[C@@H](C(=O)N1CCc2ccccc21)S(=O)(=O)C[C@H]1CCCO1. The van der Waals surface area contributed by atoms with Gasteiger partial charge in [0.1, 0.15) is 5.25 Å². The summed E-state index contributed by atoms with van der Waals surface area (Å²) in [7, 11) is -3.50. The molecule has 6 heteroatoms. The minimum atomic E-state index is -3.50. The van der Waals surface area contributed by atoms with Crippen molar-refractivity contribution in [1.29, 1.82) is 0 Å². The number of amides is 1. The zero-order valence-electron chi connectivity index (χ0n) is 12.7. The van der Waals surface area contributed by atoms with E-state index in [9.17, 15) is 13.2 Å². The summed E-state index contributed by atoms with van der Waals surface area (Å²) in [5, 5.41) is -1.03. The van der Waals surface area contributed by atoms with Crippen molar-refractivity contribution in [2.75, 3.05) is 23.8 Å². The molecule has 1 amide bonds. The number of anilines is 1. The van der Waals surface area contributed by atoms with Gasteiger partial charge >= 0.3 is 0 Å². The molecule has 0 radical (unpaired) electrons. The van der Waals surface area contributed by atoms with E-state index in [4.69, 9.17) is 4.74 Å². The van der Waals surface area contributed by atoms with Crippen molar-refractivity contribution in [2.24, 2.45) is 0 Å². The van der Waals surface area contributed by atoms with Crippen LogP contribution in [0.2, 0.25) is 0 Å². The zero-order valence-corrected chi connectivity index (χ0v) is 13.5. The number of ether oxygens (including phenoxy) is 1. The van der Waals surface area contributed by atoms with Crippen LogP contribution in [0.5, 0.6) is 0 Å². The van der Waals surface area contributed by atoms with Crippen molar-refractivity contribution in [3.63, 3.8) is 0 Å². The Morgan fingerprint density at radius 3 is 2.91 bits per heavy atom. The van der Waals surface area contributed by atoms with Gasteiger partial charge in [0.25, 0.3) is 0 Å². The number of rotatable bonds is 4. The van der Waals surface area contributed by atoms with Gasteiger partial charge in [-0.15, -0.1) is 0 Å². The number of carbonyl (C=O) groups is 1. The van der Waals surface area contributed by atoms with E-state index in [1.807, 2.05) is 24.3 Å². The van der Waals surface area contributed by atoms with Crippen LogP contribution in [0.4, 0.5) is 5.69 Å². The predicted molar refractivity (Wildman–Crippen MR) is 84.7 cm³/mol. The number of fused-ring (bicyclic) bond motifs is 1. The Labute approximate surface area is 131 Å². The summed E-state index contributed by atoms with van der Waals surface area (Å²) in [6.45, 7) is 2.66. The molecule has 22 heavy (non-hydrogen) atoms. The largest absolute Gasteiger partial charge is 0.377 e. The topological polar surface area (TPSA) is 63.7 Å². The lowest BCUT2D eigenvalue weighted by atomic mass is 10.2. The predicted octanol–water partition coefficient (Wildman–Crippen LogP) is 1.56. The highest BCUT2D eigenvalue weighted by molar-refractivity contribution is 7.92. The molecule has 1 aromatic rings. The molecular formula is C16H21NO4S. The van der Waals surface area contributed by atoms with E-state index in [1.54, 1.807) is 4.90 Å². The van der Waals surface area contributed by atoms with Crippen LogP contribution >= 0.6 is 0 Å². The molecule has 0 aromatic heterocycles. The quantitative estimate of drug-likeness (QED) is 0.843. The van der Waals surface area contributed by atoms with Crippen molar-refractivity contribution in [3.8, 4) is 0 Å². The Balaban J connectivity index is 1.74. The molecule has 0 N–H and O–H groups in total. The zero-order chi connectivity index (χ0) is 15.7. The third-order valence-corrected chi connectivity index (χ3v) is 6.60. The van der Waals surface area contributed by atoms with Gasteiger partial charge in [-0.05, 0) is 37.8 Å². The summed E-state index contributed by atoms with van der Waals surface area (Å²) in [6, 6.07) is 7.66. The Morgan fingerprint density at radius 2 is 2.18 bits per heavy atom. The molecule has 0 aliphatic carbocycles. The Hall–Kier alpha value is -1.40. The van der Waals surface area contributed by atoms with E-state index >= 15 is 0 Å². The van der Waals surface area contributed by atoms with E-state index in [0.29, 0.717) is 13.2 Å². The van der Waals surface area contributed by atoms with Crippen molar-refractivity contribution in [2.45, 2.75) is 37.5 Å². The van der Waals surface area contributed by atoms with E-state index in [2.05, 4.69) is 0 Å². The first-order valence-corrected chi connectivity index (χ1v) is 9.43. The van der Waals surface area contributed by atoms with Crippen molar-refractivity contribution in [1.82, 2.24) is 0 Å². The number of para-hydroxylation sites is 1. The summed E-state index contributed by atoms with van der Waals surface area (Å²) in [6.07, 6.45) is 2.17. The van der Waals surface area contributed by atoms with Gasteiger partial charge in [-0.2, -0.15) is 0 Å². The van der Waals surface area contributed by atoms with Gasteiger partial charge in [0, 0.05) is 18.8 Å². The number of nitrogens with zero attached hydrogens (tertiary/aromatic N) is 1. The molecule has 5 nitrogen and oxygen atoms in total. The lowest BCUT2D eigenvalue weighted by Crippen LogP contribution is -2.43. The number of sulfone groups is 1. The molecule has 1 aromatic carbocycles. The fraction of sp³-hybridized carbons (Fsp3) is 0.562. The summed E-state index contributed by atoms with van der Waals surface area (Å²) < 4.78 is 30.3. The highest BCUT2D eigenvalue weighted by Gasteiger charge is 2.36. The molecule has 2 heterocycles. The van der Waals surface area contributed by atoms with Crippen molar-refractivity contribution >= 4 is 21.4 Å². The summed E-state index contributed by atoms with van der Waals surface area (Å²) >= 11 is 0. The molecule has 2 aliphatic rings. The third kappa shape index (κ3) is 2.90. The van der Waals surface area contributed by atoms with Crippen LogP contribution in [-0.2, 0) is 25.8 Å². The number of hydrogen-bond donors (Lipinski definition) is 0. The van der Waals surface area contributed by atoms with Gasteiger partial charge in [-0.25, -0.2) is 8.42 Å². The lowest BCUT2D eigenvalue weighted by molar-refractivity contribution is -0.117. The molecular weight excluding hydrogens is 302 g/mol. The Morgan fingerprint density at radius 1 is 1.41 bits per heavy atom. The van der Waals surface area contributed by atoms with Gasteiger partial charge in [-0.3, -0.25) is 4.79 Å². The second-order valence-electron chi connectivity index (χ2n) is 5.98. The number of hydrogen-bond acceptors (Lipinski definition) is 4. The van der Waals surface area contributed by atoms with Crippen LogP contribution in [0.25, 0.3) is 0 Å². The average Bonchev–Trinajstić information content (AvgIpc) is 3.14. The van der Waals surface area contributed by atoms with Crippen molar-refractivity contribution in [3.05, 3.63) is 29.8 Å². The maximum Gasteiger partial charge on any atom is 0.245 e. The standard InChI is InChI=1S/C16H21NO4S/c1-12(22(19,20)11-14-6-4-10-21-14)16(18)17-9-8-13-5-2-3-7-15(13)17/h2-3,5,7,12,14H,4,6,8-11H2,1H3/t12-,14+/m0/s1. The van der Waals surface area contributed by atoms with Crippen LogP contribution in [0.1, 0.15) is 25.3 Å². The second kappa shape index (κ2) is 6.01. The van der Waals surface area contributed by atoms with Gasteiger partial charge in [-0.1, -0.05) is 18.2 Å². The van der Waals surface area contributed by atoms with Crippen LogP contribution in [0, 0.1) is 0 Å². The summed E-state index contributed by atoms with van der Waals surface area (Å²) in [5.74, 6) is -0.391. The molecule has 0 spiro atoms. The molecule has 120 valence electrons. The van der Waals surface area contributed by atoms with E-state index < -0.39 is 15.1 Å². The highest BCUT2D eigenvalue weighted by Crippen LogP contribution is 2.29. The van der Waals surface area contributed by atoms with Crippen molar-refractivity contribution < 1.29 is 17.9 Å². The minimum absolute atomic E-state index is 0.0601. The van der Waals surface area contributed by atoms with Gasteiger partial charge < -0.3 is 9.64 Å². The second-order valence-corrected chi connectivity index (χ2v) is 8.34. The smallest absolute Gasteiger partial charge is 0.245 e. The third-order valence-electron chi connectivity index (χ3n) is 4.48. The molecule has 2 atom stereocenters. The first kappa shape index (κ1) is 15.5. The first-order chi connectivity index (χ1) is 10.5. The minimum Gasteiger partial charge on any atom is -0.377 e. The molecule has 3 rings (SSSR count). The van der Waals surface area contributed by atoms with Gasteiger partial charge in [0.05, 0.1) is 11.9 Å².